The Hall–Kier alpha value is -8.39. The van der Waals surface area contributed by atoms with Crippen molar-refractivity contribution in [2.24, 2.45) is 33.8 Å². The lowest BCUT2D eigenvalue weighted by atomic mass is 9.72. The van der Waals surface area contributed by atoms with Crippen molar-refractivity contribution in [1.29, 1.82) is 0 Å². The summed E-state index contributed by atoms with van der Waals surface area (Å²) in [4.78, 5) is 153. The van der Waals surface area contributed by atoms with Gasteiger partial charge < -0.3 is 83.9 Å². The number of aliphatic hydroxyl groups excluding tert-OH is 2. The fourth-order valence-electron chi connectivity index (χ4n) is 11.2. The highest BCUT2D eigenvalue weighted by Crippen LogP contribution is 2.53. The van der Waals surface area contributed by atoms with Crippen LogP contribution >= 0.6 is 11.8 Å². The van der Waals surface area contributed by atoms with Crippen LogP contribution in [0.1, 0.15) is 138 Å². The number of anilines is 1. The number of carbonyl (C=O) groups is 11. The molecule has 3 aromatic rings. The Morgan fingerprint density at radius 2 is 1.57 bits per heavy atom. The molecule has 17 N–H and O–H groups in total. The van der Waals surface area contributed by atoms with Gasteiger partial charge in [-0.15, -0.1) is 11.8 Å². The highest BCUT2D eigenvalue weighted by Gasteiger charge is 2.51. The van der Waals surface area contributed by atoms with Crippen LogP contribution in [-0.4, -0.2) is 182 Å². The average Bonchev–Trinajstić information content (AvgIpc) is 1.22. The lowest BCUT2D eigenvalue weighted by Gasteiger charge is -2.43. The van der Waals surface area contributed by atoms with Crippen molar-refractivity contribution in [3.8, 4) is 17.2 Å². The largest absolute Gasteiger partial charge is 0.507 e. The van der Waals surface area contributed by atoms with Gasteiger partial charge in [0.2, 0.25) is 41.2 Å². The van der Waals surface area contributed by atoms with Crippen molar-refractivity contribution in [1.82, 2.24) is 21.3 Å². The molecule has 3 unspecified atom stereocenters. The number of carbonyl (C=O) groups excluding carboxylic acids is 11. The van der Waals surface area contributed by atoms with E-state index in [0.717, 1.165) is 16.7 Å². The first-order valence-corrected chi connectivity index (χ1v) is 29.7. The van der Waals surface area contributed by atoms with E-state index < -0.39 is 166 Å². The molecule has 29 nitrogen and oxygen atoms in total. The number of guanidine groups is 1. The summed E-state index contributed by atoms with van der Waals surface area (Å²) in [6, 6.07) is 3.43. The molecule has 4 aliphatic rings. The van der Waals surface area contributed by atoms with Gasteiger partial charge in [-0.2, -0.15) is 0 Å². The van der Waals surface area contributed by atoms with Crippen LogP contribution in [0.3, 0.4) is 0 Å². The number of fused-ring (bicyclic) bond motifs is 3. The number of rotatable bonds is 27. The number of aromatic hydroxyl groups is 2. The minimum atomic E-state index is -2.46. The van der Waals surface area contributed by atoms with Crippen molar-refractivity contribution >= 4 is 87.9 Å². The number of nitrogens with one attached hydrogen (secondary N) is 4. The first-order valence-electron chi connectivity index (χ1n) is 28.7. The summed E-state index contributed by atoms with van der Waals surface area (Å²) in [6.07, 6.45) is -7.59. The number of nitrogens with two attached hydrogens (primary N) is 4. The molecule has 0 bridgehead atoms. The summed E-state index contributed by atoms with van der Waals surface area (Å²) < 4.78 is 17.6. The summed E-state index contributed by atoms with van der Waals surface area (Å²) >= 11 is 0.879. The maximum atomic E-state index is 14.1. The zero-order chi connectivity index (χ0) is 65.5. The van der Waals surface area contributed by atoms with Crippen molar-refractivity contribution < 1.29 is 92.5 Å². The van der Waals surface area contributed by atoms with Gasteiger partial charge in [0.1, 0.15) is 47.6 Å². The number of ether oxygens (including phenoxy) is 3. The van der Waals surface area contributed by atoms with E-state index in [1.54, 1.807) is 6.92 Å². The van der Waals surface area contributed by atoms with Crippen molar-refractivity contribution in [2.45, 2.75) is 151 Å². The first-order chi connectivity index (χ1) is 42.0. The molecule has 7 amide bonds. The number of methoxy groups -OCH3 is 1. The fourth-order valence-corrected chi connectivity index (χ4v) is 12.3. The Kier molecular flexibility index (Phi) is 22.1. The lowest BCUT2D eigenvalue weighted by Crippen LogP contribution is -2.58. The minimum Gasteiger partial charge on any atom is -0.507 e. The Labute approximate surface area is 514 Å². The zero-order valence-corrected chi connectivity index (χ0v) is 50.3. The summed E-state index contributed by atoms with van der Waals surface area (Å²) in [6.45, 7) is 5.21. The number of aliphatic hydroxyl groups is 3. The normalized spacial score (nSPS) is 22.9. The van der Waals surface area contributed by atoms with Crippen LogP contribution in [0.4, 0.5) is 5.69 Å². The Morgan fingerprint density at radius 1 is 0.910 bits per heavy atom. The molecule has 3 aromatic carbocycles. The number of Topliss-reactive ketones (excluding diaryl/α,β-unsaturated/α-hetero) is 2. The molecule has 0 spiro atoms. The molecule has 480 valence electrons. The Bertz CT molecular complexity index is 3360. The SMILES string of the molecule is CCC(C)[C@H](NC(=O)[C@H](CCC(N)=O)NC(=O)[C@H](CCCN=C(N)N)NC(=O)[C@@H](N)CSC1CC(=O)N(c2cccc(C(=O)N[C@H]3CC(O[C@H]4C[C@](O)(C(=O)CO)Cc5c(O)c6c(c(O)c54)C(=O)c4c(OC)cccc4C6=O)O[C@@H](C)[C@H]3O)c2)C1=O)C(C)=O. The fraction of sp³-hybridized carbons (Fsp3) is 0.492. The average molecular weight is 1260 g/mol. The monoisotopic (exact) mass is 1260 g/mol. The summed E-state index contributed by atoms with van der Waals surface area (Å²) in [5, 5.41) is 66.1. The molecule has 89 heavy (non-hydrogen) atoms. The lowest BCUT2D eigenvalue weighted by molar-refractivity contribution is -0.249. The molecule has 2 aliphatic heterocycles. The van der Waals surface area contributed by atoms with E-state index in [1.165, 1.54) is 63.4 Å². The van der Waals surface area contributed by atoms with Crippen LogP contribution in [0.15, 0.2) is 47.5 Å². The summed E-state index contributed by atoms with van der Waals surface area (Å²) in [7, 11) is 1.27. The maximum absolute atomic E-state index is 14.1. The van der Waals surface area contributed by atoms with Crippen LogP contribution in [0.5, 0.6) is 17.2 Å². The van der Waals surface area contributed by atoms with E-state index in [2.05, 4.69) is 26.3 Å². The van der Waals surface area contributed by atoms with E-state index in [1.807, 2.05) is 6.92 Å². The molecule has 30 heteroatoms. The first kappa shape index (κ1) is 68.1. The second kappa shape index (κ2) is 28.8. The second-order valence-electron chi connectivity index (χ2n) is 22.4. The van der Waals surface area contributed by atoms with Crippen LogP contribution in [-0.2, 0) is 54.3 Å². The van der Waals surface area contributed by atoms with Gasteiger partial charge in [0.15, 0.2) is 29.6 Å². The van der Waals surface area contributed by atoms with Crippen molar-refractivity contribution in [3.63, 3.8) is 0 Å². The van der Waals surface area contributed by atoms with Crippen molar-refractivity contribution in [3.05, 3.63) is 81.4 Å². The molecule has 0 aromatic heterocycles. The van der Waals surface area contributed by atoms with Crippen molar-refractivity contribution in [2.75, 3.05) is 30.9 Å². The number of ketones is 4. The number of benzene rings is 3. The molecule has 2 fully saturated rings. The quantitative estimate of drug-likeness (QED) is 0.0107. The maximum Gasteiger partial charge on any atom is 0.251 e. The van der Waals surface area contributed by atoms with E-state index in [-0.39, 0.29) is 108 Å². The molecular weight excluding hydrogens is 1180 g/mol. The predicted octanol–water partition coefficient (Wildman–Crippen LogP) is -1.43. The van der Waals surface area contributed by atoms with Gasteiger partial charge in [-0.3, -0.25) is 57.7 Å². The number of hydrogen-bond acceptors (Lipinski definition) is 22. The summed E-state index contributed by atoms with van der Waals surface area (Å²) in [5.74, 6) is -11.0. The second-order valence-corrected chi connectivity index (χ2v) is 23.6. The van der Waals surface area contributed by atoms with E-state index in [0.29, 0.717) is 6.42 Å². The Morgan fingerprint density at radius 3 is 2.22 bits per heavy atom. The minimum absolute atomic E-state index is 0.0000605. The smallest absolute Gasteiger partial charge is 0.251 e. The van der Waals surface area contributed by atoms with Crippen LogP contribution < -0.4 is 53.8 Å². The Balaban J connectivity index is 1.02. The zero-order valence-electron chi connectivity index (χ0n) is 49.4. The number of hydrogen-bond donors (Lipinski definition) is 13. The number of nitrogens with zero attached hydrogens (tertiary/aromatic N) is 2. The molecule has 12 atom stereocenters. The van der Waals surface area contributed by atoms with Crippen LogP contribution in [0.25, 0.3) is 0 Å². The van der Waals surface area contributed by atoms with Gasteiger partial charge in [0, 0.05) is 66.7 Å². The van der Waals surface area contributed by atoms with E-state index >= 15 is 0 Å². The third-order valence-electron chi connectivity index (χ3n) is 16.2. The van der Waals surface area contributed by atoms with Crippen LogP contribution in [0.2, 0.25) is 0 Å². The molecule has 0 saturated carbocycles. The van der Waals surface area contributed by atoms with Gasteiger partial charge in [0.25, 0.3) is 5.91 Å². The standard InChI is InChI=1S/C59H74N10O19S/c1-6-25(2)47(26(3)71)68-56(83)34(15-16-40(61)73)66-55(82)33(13-9-17-64-58(62)63)65-54(81)32(60)24-89-38-20-41(74)69(57(38)84)29-11-7-10-28(18-29)53(80)67-35-19-42(87-27(4)48(35)75)88-37-22-59(85,39(72)23-70)21-31-44(37)52(79)46-45(50(31)77)49(76)30-12-8-14-36(86-5)43(30)51(46)78/h7-8,10-12,14,18,25,27,32-35,37-38,42,47-48,70,75,77,79,85H,6,9,13,15-17,19-24,60H2,1-5H3,(H2,61,73)(H,65,81)(H,66,82)(H,67,80)(H,68,83)(H4,62,63,64)/t25?,27-,32-,33-,34-,35-,37-,38?,42?,47-,48+,59-/m0/s1. The van der Waals surface area contributed by atoms with Gasteiger partial charge in [-0.1, -0.05) is 38.5 Å². The van der Waals surface area contributed by atoms with Gasteiger partial charge in [0.05, 0.1) is 65.1 Å². The summed E-state index contributed by atoms with van der Waals surface area (Å²) in [5.41, 5.74) is 17.9. The topological polar surface area (TPSA) is 484 Å². The highest BCUT2D eigenvalue weighted by molar-refractivity contribution is 8.00. The number of thioether (sulfide) groups is 1. The molecule has 2 saturated heterocycles. The van der Waals surface area contributed by atoms with Crippen LogP contribution in [0, 0.1) is 5.92 Å². The number of primary amides is 1. The van der Waals surface area contributed by atoms with E-state index in [4.69, 9.17) is 37.1 Å². The third-order valence-corrected chi connectivity index (χ3v) is 17.5. The van der Waals surface area contributed by atoms with Gasteiger partial charge in [-0.25, -0.2) is 4.90 Å². The molecular formula is C59H74N10O19S. The number of phenolic OH excluding ortho intramolecular Hbond substituents is 2. The predicted molar refractivity (Wildman–Crippen MR) is 317 cm³/mol. The third kappa shape index (κ3) is 15.0. The highest BCUT2D eigenvalue weighted by atomic mass is 32.2. The number of imide groups is 1. The molecule has 2 heterocycles. The number of phenols is 2. The molecule has 7 rings (SSSR count). The van der Waals surface area contributed by atoms with Gasteiger partial charge in [-0.05, 0) is 63.3 Å². The molecule has 2 aliphatic carbocycles. The van der Waals surface area contributed by atoms with E-state index in [9.17, 15) is 78.3 Å². The number of aliphatic imine (C=N–C) groups is 1. The number of amides is 7. The molecule has 0 radical (unpaired) electrons. The van der Waals surface area contributed by atoms with Gasteiger partial charge >= 0.3 is 0 Å².